The Hall–Kier alpha value is -1.03. The Balaban J connectivity index is 2.17. The molecule has 4 nitrogen and oxygen atoms in total. The number of hydrogen-bond donors (Lipinski definition) is 1. The summed E-state index contributed by atoms with van der Waals surface area (Å²) in [7, 11) is 0. The first-order valence-corrected chi connectivity index (χ1v) is 5.42. The van der Waals surface area contributed by atoms with Crippen LogP contribution in [0.25, 0.3) is 0 Å². The third kappa shape index (κ3) is 2.00. The van der Waals surface area contributed by atoms with Crippen molar-refractivity contribution in [2.45, 2.75) is 32.2 Å². The van der Waals surface area contributed by atoms with Crippen molar-refractivity contribution in [3.05, 3.63) is 17.4 Å². The lowest BCUT2D eigenvalue weighted by Gasteiger charge is -2.23. The zero-order valence-electron chi connectivity index (χ0n) is 8.32. The Morgan fingerprint density at radius 1 is 1.60 bits per heavy atom. The molecular weight excluding hydrogens is 216 g/mol. The Morgan fingerprint density at radius 3 is 2.73 bits per heavy atom. The third-order valence-electron chi connectivity index (χ3n) is 3.08. The number of aromatic nitrogens is 2. The van der Waals surface area contributed by atoms with Crippen molar-refractivity contribution in [1.82, 2.24) is 9.78 Å². The summed E-state index contributed by atoms with van der Waals surface area (Å²) >= 11 is 5.74. The second kappa shape index (κ2) is 3.85. The monoisotopic (exact) mass is 228 g/mol. The van der Waals surface area contributed by atoms with Gasteiger partial charge in [0.25, 0.3) is 0 Å². The molecule has 1 heterocycles. The van der Waals surface area contributed by atoms with E-state index in [9.17, 15) is 9.90 Å². The van der Waals surface area contributed by atoms with E-state index in [2.05, 4.69) is 5.10 Å². The lowest BCUT2D eigenvalue weighted by Crippen LogP contribution is -2.32. The molecule has 1 aromatic heterocycles. The van der Waals surface area contributed by atoms with E-state index in [1.165, 1.54) is 6.20 Å². The van der Waals surface area contributed by atoms with Gasteiger partial charge in [-0.3, -0.25) is 9.48 Å². The molecule has 1 aliphatic rings. The molecule has 0 saturated heterocycles. The molecule has 1 fully saturated rings. The van der Waals surface area contributed by atoms with Crippen LogP contribution in [-0.2, 0) is 11.3 Å². The van der Waals surface area contributed by atoms with Crippen molar-refractivity contribution in [3.63, 3.8) is 0 Å². The maximum absolute atomic E-state index is 11.3. The molecule has 1 N–H and O–H groups in total. The van der Waals surface area contributed by atoms with Gasteiger partial charge in [-0.15, -0.1) is 0 Å². The maximum atomic E-state index is 11.3. The van der Waals surface area contributed by atoms with Gasteiger partial charge >= 0.3 is 5.97 Å². The molecule has 0 unspecified atom stereocenters. The van der Waals surface area contributed by atoms with E-state index in [0.29, 0.717) is 11.6 Å². The molecule has 2 rings (SSSR count). The van der Waals surface area contributed by atoms with Gasteiger partial charge in [-0.05, 0) is 12.8 Å². The summed E-state index contributed by atoms with van der Waals surface area (Å²) < 4.78 is 1.63. The van der Waals surface area contributed by atoms with E-state index in [-0.39, 0.29) is 0 Å². The normalized spacial score (nSPS) is 19.3. The average molecular weight is 229 g/mol. The molecule has 5 heteroatoms. The SMILES string of the molecule is O=C(O)C1(Cn2cc(Cl)cn2)CCCC1. The van der Waals surface area contributed by atoms with Crippen LogP contribution in [0.1, 0.15) is 25.7 Å². The summed E-state index contributed by atoms with van der Waals surface area (Å²) in [5.41, 5.74) is -0.630. The quantitative estimate of drug-likeness (QED) is 0.863. The molecule has 0 amide bonds. The number of halogens is 1. The van der Waals surface area contributed by atoms with Crippen molar-refractivity contribution in [2.24, 2.45) is 5.41 Å². The number of hydrogen-bond acceptors (Lipinski definition) is 2. The van der Waals surface area contributed by atoms with E-state index in [1.807, 2.05) is 0 Å². The van der Waals surface area contributed by atoms with Crippen LogP contribution in [0.15, 0.2) is 12.4 Å². The number of nitrogens with zero attached hydrogens (tertiary/aromatic N) is 2. The third-order valence-corrected chi connectivity index (χ3v) is 3.28. The molecule has 0 spiro atoms. The molecule has 1 aliphatic carbocycles. The van der Waals surface area contributed by atoms with E-state index in [1.54, 1.807) is 10.9 Å². The summed E-state index contributed by atoms with van der Waals surface area (Å²) in [6, 6.07) is 0. The first kappa shape index (κ1) is 10.5. The molecule has 82 valence electrons. The van der Waals surface area contributed by atoms with Gasteiger partial charge in [-0.2, -0.15) is 5.10 Å². The minimum Gasteiger partial charge on any atom is -0.481 e. The van der Waals surface area contributed by atoms with Crippen LogP contribution < -0.4 is 0 Å². The standard InChI is InChI=1S/C10H13ClN2O2/c11-8-5-12-13(6-8)7-10(9(14)15)3-1-2-4-10/h5-6H,1-4,7H2,(H,14,15). The van der Waals surface area contributed by atoms with Crippen molar-refractivity contribution in [2.75, 3.05) is 0 Å². The second-order valence-electron chi connectivity index (χ2n) is 4.15. The van der Waals surface area contributed by atoms with Gasteiger partial charge in [0.15, 0.2) is 0 Å². The number of carbonyl (C=O) groups is 1. The highest BCUT2D eigenvalue weighted by atomic mass is 35.5. The molecule has 0 aromatic carbocycles. The zero-order valence-corrected chi connectivity index (χ0v) is 9.07. The van der Waals surface area contributed by atoms with Crippen molar-refractivity contribution in [3.8, 4) is 0 Å². The number of rotatable bonds is 3. The van der Waals surface area contributed by atoms with Crippen LogP contribution >= 0.6 is 11.6 Å². The van der Waals surface area contributed by atoms with Crippen LogP contribution in [0.4, 0.5) is 0 Å². The summed E-state index contributed by atoms with van der Waals surface area (Å²) in [6.45, 7) is 0.426. The fourth-order valence-electron chi connectivity index (χ4n) is 2.23. The van der Waals surface area contributed by atoms with Crippen LogP contribution in [-0.4, -0.2) is 20.9 Å². The largest absolute Gasteiger partial charge is 0.481 e. The van der Waals surface area contributed by atoms with Crippen molar-refractivity contribution in [1.29, 1.82) is 0 Å². The van der Waals surface area contributed by atoms with Gasteiger partial charge in [-0.25, -0.2) is 0 Å². The highest BCUT2D eigenvalue weighted by Crippen LogP contribution is 2.39. The fourth-order valence-corrected chi connectivity index (χ4v) is 2.38. The Labute approximate surface area is 92.8 Å². The van der Waals surface area contributed by atoms with Crippen LogP contribution in [0, 0.1) is 5.41 Å². The summed E-state index contributed by atoms with van der Waals surface area (Å²) in [6.07, 6.45) is 6.65. The summed E-state index contributed by atoms with van der Waals surface area (Å²) in [5, 5.41) is 13.8. The van der Waals surface area contributed by atoms with Gasteiger partial charge < -0.3 is 5.11 Å². The van der Waals surface area contributed by atoms with E-state index in [4.69, 9.17) is 11.6 Å². The van der Waals surface area contributed by atoms with Gasteiger partial charge in [-0.1, -0.05) is 24.4 Å². The van der Waals surface area contributed by atoms with Crippen LogP contribution in [0.5, 0.6) is 0 Å². The molecule has 1 saturated carbocycles. The lowest BCUT2D eigenvalue weighted by molar-refractivity contribution is -0.149. The molecule has 0 radical (unpaired) electrons. The highest BCUT2D eigenvalue weighted by Gasteiger charge is 2.41. The zero-order chi connectivity index (χ0) is 10.9. The Morgan fingerprint density at radius 2 is 2.27 bits per heavy atom. The van der Waals surface area contributed by atoms with Gasteiger partial charge in [0, 0.05) is 6.20 Å². The van der Waals surface area contributed by atoms with Crippen LogP contribution in [0.3, 0.4) is 0 Å². The average Bonchev–Trinajstić information content (AvgIpc) is 2.77. The highest BCUT2D eigenvalue weighted by molar-refractivity contribution is 6.30. The fraction of sp³-hybridized carbons (Fsp3) is 0.600. The molecule has 0 bridgehead atoms. The van der Waals surface area contributed by atoms with E-state index < -0.39 is 11.4 Å². The second-order valence-corrected chi connectivity index (χ2v) is 4.59. The van der Waals surface area contributed by atoms with Crippen molar-refractivity contribution < 1.29 is 9.90 Å². The number of carboxylic acids is 1. The predicted octanol–water partition coefficient (Wildman–Crippen LogP) is 2.18. The number of carboxylic acid groups (broad SMARTS) is 1. The molecule has 0 atom stereocenters. The summed E-state index contributed by atoms with van der Waals surface area (Å²) in [5.74, 6) is -0.716. The maximum Gasteiger partial charge on any atom is 0.311 e. The smallest absolute Gasteiger partial charge is 0.311 e. The Bertz CT molecular complexity index is 369. The minimum atomic E-state index is -0.716. The van der Waals surface area contributed by atoms with Gasteiger partial charge in [0.1, 0.15) is 0 Å². The molecule has 15 heavy (non-hydrogen) atoms. The minimum absolute atomic E-state index is 0.426. The van der Waals surface area contributed by atoms with Crippen LogP contribution in [0.2, 0.25) is 5.02 Å². The lowest BCUT2D eigenvalue weighted by atomic mass is 9.86. The first-order chi connectivity index (χ1) is 7.12. The van der Waals surface area contributed by atoms with Gasteiger partial charge in [0.2, 0.25) is 0 Å². The first-order valence-electron chi connectivity index (χ1n) is 5.04. The summed E-state index contributed by atoms with van der Waals surface area (Å²) in [4.78, 5) is 11.3. The predicted molar refractivity (Wildman–Crippen MR) is 55.8 cm³/mol. The van der Waals surface area contributed by atoms with Crippen molar-refractivity contribution >= 4 is 17.6 Å². The Kier molecular flexibility index (Phi) is 2.69. The number of aliphatic carboxylic acids is 1. The topological polar surface area (TPSA) is 55.1 Å². The molecular formula is C10H13ClN2O2. The van der Waals surface area contributed by atoms with Gasteiger partial charge in [0.05, 0.1) is 23.2 Å². The molecule has 1 aromatic rings. The van der Waals surface area contributed by atoms with E-state index >= 15 is 0 Å². The van der Waals surface area contributed by atoms with E-state index in [0.717, 1.165) is 25.7 Å². The molecule has 0 aliphatic heterocycles.